The van der Waals surface area contributed by atoms with Gasteiger partial charge >= 0.3 is 0 Å². The zero-order valence-corrected chi connectivity index (χ0v) is 20.3. The fraction of sp³-hybridized carbons (Fsp3) is 0.391. The minimum Gasteiger partial charge on any atom is -0.494 e. The lowest BCUT2D eigenvalue weighted by atomic mass is 10.1. The Hall–Kier alpha value is -2.29. The number of halogens is 1. The average Bonchev–Trinajstić information content (AvgIpc) is 3.16. The van der Waals surface area contributed by atoms with Crippen LogP contribution in [-0.4, -0.2) is 35.7 Å². The predicted octanol–water partition coefficient (Wildman–Crippen LogP) is 4.44. The number of guanidine groups is 1. The van der Waals surface area contributed by atoms with Crippen LogP contribution >= 0.6 is 24.0 Å². The first-order valence-corrected chi connectivity index (χ1v) is 10.2. The fourth-order valence-corrected chi connectivity index (χ4v) is 3.18. The van der Waals surface area contributed by atoms with Crippen LogP contribution in [0.5, 0.6) is 5.75 Å². The second-order valence-electron chi connectivity index (χ2n) is 7.45. The summed E-state index contributed by atoms with van der Waals surface area (Å²) in [7, 11) is 1.78. The number of rotatable bonds is 9. The van der Waals surface area contributed by atoms with E-state index in [1.165, 1.54) is 10.8 Å². The first-order chi connectivity index (χ1) is 14.2. The minimum absolute atomic E-state index is 0. The van der Waals surface area contributed by atoms with E-state index in [4.69, 9.17) is 4.74 Å². The van der Waals surface area contributed by atoms with Crippen LogP contribution in [0.25, 0.3) is 10.8 Å². The van der Waals surface area contributed by atoms with E-state index < -0.39 is 0 Å². The summed E-state index contributed by atoms with van der Waals surface area (Å²) in [5, 5.41) is 9.08. The second-order valence-corrected chi connectivity index (χ2v) is 7.45. The van der Waals surface area contributed by atoms with Crippen LogP contribution < -0.4 is 15.4 Å². The van der Waals surface area contributed by atoms with Crippen molar-refractivity contribution in [3.63, 3.8) is 0 Å². The van der Waals surface area contributed by atoms with Gasteiger partial charge in [0, 0.05) is 32.5 Å². The summed E-state index contributed by atoms with van der Waals surface area (Å²) in [5.41, 5.74) is 0. The van der Waals surface area contributed by atoms with Crippen LogP contribution in [0.1, 0.15) is 26.1 Å². The fourth-order valence-electron chi connectivity index (χ4n) is 3.18. The van der Waals surface area contributed by atoms with Gasteiger partial charge in [0.15, 0.2) is 5.96 Å². The molecular weight excluding hydrogens is 489 g/mol. The number of fused-ring (bicyclic) bond motifs is 1. The molecule has 3 aromatic rings. The maximum atomic E-state index is 5.89. The molecule has 0 aliphatic heterocycles. The summed E-state index contributed by atoms with van der Waals surface area (Å²) in [6, 6.07) is 14.5. The highest BCUT2D eigenvalue weighted by Gasteiger charge is 2.06. The number of nitrogens with zero attached hydrogens (tertiary/aromatic N) is 3. The number of aliphatic imine (C=N–C) groups is 1. The van der Waals surface area contributed by atoms with Gasteiger partial charge in [-0.15, -0.1) is 24.0 Å². The lowest BCUT2D eigenvalue weighted by Gasteiger charge is -2.14. The van der Waals surface area contributed by atoms with Crippen LogP contribution in [0.4, 0.5) is 0 Å². The van der Waals surface area contributed by atoms with Crippen LogP contribution in [-0.2, 0) is 13.1 Å². The molecular formula is C23H32IN5O. The molecule has 0 saturated heterocycles. The molecule has 6 nitrogen and oxygen atoms in total. The number of nitrogens with one attached hydrogen (secondary N) is 2. The highest BCUT2D eigenvalue weighted by atomic mass is 127. The largest absolute Gasteiger partial charge is 0.494 e. The van der Waals surface area contributed by atoms with Gasteiger partial charge in [-0.1, -0.05) is 44.2 Å². The number of aromatic nitrogens is 2. The average molecular weight is 521 g/mol. The van der Waals surface area contributed by atoms with Crippen molar-refractivity contribution in [1.29, 1.82) is 0 Å². The zero-order valence-electron chi connectivity index (χ0n) is 18.0. The van der Waals surface area contributed by atoms with Crippen molar-refractivity contribution < 1.29 is 4.74 Å². The Bertz CT molecular complexity index is 938. The van der Waals surface area contributed by atoms with E-state index in [0.29, 0.717) is 19.1 Å². The quantitative estimate of drug-likeness (QED) is 0.189. The Morgan fingerprint density at radius 1 is 1.13 bits per heavy atom. The summed E-state index contributed by atoms with van der Waals surface area (Å²) in [6.07, 6.45) is 4.76. The van der Waals surface area contributed by atoms with Crippen LogP contribution in [0.15, 0.2) is 59.9 Å². The third kappa shape index (κ3) is 7.19. The maximum Gasteiger partial charge on any atom is 0.191 e. The molecule has 0 unspecified atom stereocenters. The highest BCUT2D eigenvalue weighted by Crippen LogP contribution is 2.20. The normalized spacial score (nSPS) is 11.4. The Kier molecular flexibility index (Phi) is 9.93. The Labute approximate surface area is 196 Å². The van der Waals surface area contributed by atoms with Crippen LogP contribution in [0, 0.1) is 5.92 Å². The van der Waals surface area contributed by atoms with E-state index in [-0.39, 0.29) is 24.0 Å². The molecule has 0 saturated carbocycles. The smallest absolute Gasteiger partial charge is 0.191 e. The molecule has 0 bridgehead atoms. The van der Waals surface area contributed by atoms with Gasteiger partial charge in [0.2, 0.25) is 0 Å². The molecule has 0 radical (unpaired) electrons. The number of benzene rings is 2. The van der Waals surface area contributed by atoms with E-state index in [0.717, 1.165) is 37.0 Å². The first kappa shape index (κ1) is 24.0. The minimum atomic E-state index is 0. The van der Waals surface area contributed by atoms with Gasteiger partial charge < -0.3 is 19.9 Å². The molecule has 7 heteroatoms. The molecule has 2 N–H and O–H groups in total. The number of imidazole rings is 1. The molecule has 0 aliphatic carbocycles. The molecule has 0 amide bonds. The lowest BCUT2D eigenvalue weighted by Crippen LogP contribution is -2.38. The van der Waals surface area contributed by atoms with E-state index in [1.54, 1.807) is 7.05 Å². The van der Waals surface area contributed by atoms with Crippen molar-refractivity contribution in [1.82, 2.24) is 20.2 Å². The van der Waals surface area contributed by atoms with Gasteiger partial charge in [0.05, 0.1) is 13.2 Å². The van der Waals surface area contributed by atoms with Gasteiger partial charge in [-0.25, -0.2) is 4.98 Å². The number of hydrogen-bond donors (Lipinski definition) is 2. The van der Waals surface area contributed by atoms with Gasteiger partial charge in [-0.3, -0.25) is 4.99 Å². The number of hydrogen-bond acceptors (Lipinski definition) is 3. The third-order valence-corrected chi connectivity index (χ3v) is 4.60. The van der Waals surface area contributed by atoms with Gasteiger partial charge in [-0.2, -0.15) is 0 Å². The van der Waals surface area contributed by atoms with E-state index in [2.05, 4.69) is 63.3 Å². The van der Waals surface area contributed by atoms with Gasteiger partial charge in [0.1, 0.15) is 11.6 Å². The van der Waals surface area contributed by atoms with Crippen molar-refractivity contribution in [3.8, 4) is 5.75 Å². The Morgan fingerprint density at radius 3 is 2.70 bits per heavy atom. The first-order valence-electron chi connectivity index (χ1n) is 10.2. The summed E-state index contributed by atoms with van der Waals surface area (Å²) in [5.74, 6) is 3.28. The SMILES string of the molecule is CN=C(NCCCOc1ccc2ccccc2c1)NCc1nccn1CC(C)C.I. The monoisotopic (exact) mass is 521 g/mol. The highest BCUT2D eigenvalue weighted by molar-refractivity contribution is 14.0. The molecule has 0 fully saturated rings. The molecule has 30 heavy (non-hydrogen) atoms. The van der Waals surface area contributed by atoms with Crippen molar-refractivity contribution in [2.24, 2.45) is 10.9 Å². The topological polar surface area (TPSA) is 63.5 Å². The molecule has 1 heterocycles. The summed E-state index contributed by atoms with van der Waals surface area (Å²) in [6.45, 7) is 7.46. The third-order valence-electron chi connectivity index (χ3n) is 4.60. The second kappa shape index (κ2) is 12.4. The van der Waals surface area contributed by atoms with Crippen molar-refractivity contribution in [2.45, 2.75) is 33.4 Å². The molecule has 0 atom stereocenters. The summed E-state index contributed by atoms with van der Waals surface area (Å²) in [4.78, 5) is 8.72. The standard InChI is InChI=1S/C23H31N5O.HI/c1-18(2)17-28-13-12-25-22(28)16-27-23(24-3)26-11-6-14-29-21-10-9-19-7-4-5-8-20(19)15-21;/h4-5,7-10,12-13,15,18H,6,11,14,16-17H2,1-3H3,(H2,24,26,27);1H. The molecule has 1 aromatic heterocycles. The summed E-state index contributed by atoms with van der Waals surface area (Å²) >= 11 is 0. The molecule has 162 valence electrons. The van der Waals surface area contributed by atoms with Crippen LogP contribution in [0.2, 0.25) is 0 Å². The predicted molar refractivity (Wildman–Crippen MR) is 135 cm³/mol. The van der Waals surface area contributed by atoms with Gasteiger partial charge in [0.25, 0.3) is 0 Å². The van der Waals surface area contributed by atoms with E-state index >= 15 is 0 Å². The van der Waals surface area contributed by atoms with Crippen LogP contribution in [0.3, 0.4) is 0 Å². The Morgan fingerprint density at radius 2 is 1.93 bits per heavy atom. The maximum absolute atomic E-state index is 5.89. The molecule has 2 aromatic carbocycles. The van der Waals surface area contributed by atoms with E-state index in [9.17, 15) is 0 Å². The van der Waals surface area contributed by atoms with Gasteiger partial charge in [-0.05, 0) is 35.2 Å². The van der Waals surface area contributed by atoms with Crippen molar-refractivity contribution in [2.75, 3.05) is 20.2 Å². The van der Waals surface area contributed by atoms with Crippen molar-refractivity contribution in [3.05, 3.63) is 60.7 Å². The summed E-state index contributed by atoms with van der Waals surface area (Å²) < 4.78 is 8.07. The Balaban J connectivity index is 0.00000320. The van der Waals surface area contributed by atoms with E-state index in [1.807, 2.05) is 30.6 Å². The molecule has 0 aliphatic rings. The zero-order chi connectivity index (χ0) is 20.5. The number of ether oxygens (including phenoxy) is 1. The van der Waals surface area contributed by atoms with Crippen molar-refractivity contribution >= 4 is 40.7 Å². The molecule has 3 rings (SSSR count). The molecule has 0 spiro atoms. The lowest BCUT2D eigenvalue weighted by molar-refractivity contribution is 0.311.